The van der Waals surface area contributed by atoms with E-state index in [0.717, 1.165) is 174 Å². The smallest absolute Gasteiger partial charge is 0.164 e. The third-order valence-corrected chi connectivity index (χ3v) is 23.9. The molecule has 0 radical (unpaired) electrons. The lowest BCUT2D eigenvalue weighted by atomic mass is 10.1. The molecule has 0 saturated carbocycles. The lowest BCUT2D eigenvalue weighted by molar-refractivity contribution is 0.112. The number of carbonyl (C=O) groups excluding carboxylic acids is 1. The van der Waals surface area contributed by atoms with E-state index in [-0.39, 0.29) is 23.3 Å². The van der Waals surface area contributed by atoms with E-state index in [1.165, 1.54) is 44.0 Å². The van der Waals surface area contributed by atoms with E-state index >= 15 is 0 Å². The highest BCUT2D eigenvalue weighted by molar-refractivity contribution is 14.1. The number of aliphatic hydroxyl groups excluding tert-OH is 1. The van der Waals surface area contributed by atoms with Crippen LogP contribution in [0.25, 0.3) is 110 Å². The minimum atomic E-state index is -0.567. The van der Waals surface area contributed by atoms with Crippen molar-refractivity contribution in [3.63, 3.8) is 0 Å². The second-order valence-electron chi connectivity index (χ2n) is 28.6. The van der Waals surface area contributed by atoms with Gasteiger partial charge in [-0.25, -0.2) is 78.2 Å². The van der Waals surface area contributed by atoms with Crippen molar-refractivity contribution in [1.82, 2.24) is 89.1 Å². The molecule has 14 heterocycles. The fourth-order valence-electron chi connectivity index (χ4n) is 14.6. The van der Waals surface area contributed by atoms with Gasteiger partial charge in [0.25, 0.3) is 0 Å². The van der Waals surface area contributed by atoms with Gasteiger partial charge < -0.3 is 37.2 Å². The maximum atomic E-state index is 14.1. The number of nitrogens with two attached hydrogens (primary N) is 3. The number of alkyl halides is 1. The Kier molecular flexibility index (Phi) is 26.3. The lowest BCUT2D eigenvalue weighted by Gasteiger charge is -2.21. The van der Waals surface area contributed by atoms with Crippen molar-refractivity contribution in [2.24, 2.45) is 0 Å². The van der Waals surface area contributed by atoms with Gasteiger partial charge in [0.15, 0.2) is 23.2 Å². The number of benzene rings is 7. The SMILES string of the molecule is Clc1nc2ccccc2cc1CBr.Nc1ncnc2c1c(-c1cc(O)cc(F)c1)nn2Cc1cc2ccccc2nc1N1CCCC1.Nc1ncnc2c1c(I)nn2Cc1cc2ccccc2nc1Cl.Nc1ncnc2c1c(I)nn2Cc1cc2ccccc2nc1N1CCCC1.O=Cc1cc2ccccc2nc1Cl.OCc1cc2ccccc2nc1Cl. The number of rotatable bonds is 12. The molecular weight excluding hydrogens is 1930 g/mol. The number of para-hydroxylation sites is 6. The molecule has 34 heteroatoms. The van der Waals surface area contributed by atoms with Crippen molar-refractivity contribution >= 4 is 241 Å². The lowest BCUT2D eigenvalue weighted by Crippen LogP contribution is -2.21. The molecule has 21 rings (SSSR count). The molecular formula is C89H71BrCl4FI2N23O3. The first-order chi connectivity index (χ1) is 59.8. The molecule has 8 N–H and O–H groups in total. The van der Waals surface area contributed by atoms with Crippen LogP contribution in [0.2, 0.25) is 20.6 Å². The van der Waals surface area contributed by atoms with Gasteiger partial charge in [-0.1, -0.05) is 172 Å². The standard InChI is InChI=1S/C25H22FN7O.C19H18IN7.C15H10ClIN6.C10H7BrClN.C10H8ClNO.C10H6ClNO/c26-18-10-16(11-19(34)12-18)22-21-23(27)28-14-29-25(21)33(31-22)13-17-9-15-5-1-2-6-20(15)30-24(17)32-7-3-4-8-32;20-16-15-17(21)22-11-23-19(15)27(25-16)10-13-9-12-5-1-2-6-14(12)24-18(13)26-7-3-4-8-26;16-12-9(5-8-3-1-2-4-10(8)21-12)6-23-15-11(13(17)22-23)14(18)19-7-20-15;11-6-8-5-7-3-1-2-4-9(7)13-10(8)12;2*11-10-8(6-13)5-7-3-1-2-4-9(7)12-10/h1-2,5-6,9-12,14,34H,3-4,7-8,13H2,(H2,27,28,29);1-2,5-6,9,11H,3-4,7-8,10H2,(H2,21,22,23);1-5,7H,6H2,(H2,18,19,20);1-5H,6H2;1-5,13H,6H2;1-6H. The number of hydrogen-bond acceptors (Lipinski definition) is 23. The van der Waals surface area contributed by atoms with Crippen LogP contribution in [0.5, 0.6) is 5.75 Å². The van der Waals surface area contributed by atoms with Crippen LogP contribution in [-0.2, 0) is 31.6 Å². The van der Waals surface area contributed by atoms with Gasteiger partial charge in [-0.15, -0.1) is 0 Å². The third-order valence-electron chi connectivity index (χ3n) is 20.5. The summed E-state index contributed by atoms with van der Waals surface area (Å²) in [6.07, 6.45) is 9.72. The number of anilines is 5. The summed E-state index contributed by atoms with van der Waals surface area (Å²) < 4.78 is 21.1. The Bertz CT molecular complexity index is 7080. The summed E-state index contributed by atoms with van der Waals surface area (Å²) in [5, 5.41) is 43.6. The topological polar surface area (TPSA) is 350 Å². The number of carbonyl (C=O) groups is 1. The van der Waals surface area contributed by atoms with Crippen LogP contribution < -0.4 is 27.0 Å². The van der Waals surface area contributed by atoms with Crippen LogP contribution in [0.15, 0.2) is 219 Å². The van der Waals surface area contributed by atoms with E-state index in [4.69, 9.17) is 83.8 Å². The zero-order chi connectivity index (χ0) is 85.4. The molecule has 0 atom stereocenters. The second kappa shape index (κ2) is 38.3. The number of hydrogen-bond donors (Lipinski definition) is 5. The molecule has 12 aromatic heterocycles. The molecule has 19 aromatic rings. The number of aldehydes is 1. The van der Waals surface area contributed by atoms with Crippen molar-refractivity contribution in [3.8, 4) is 17.0 Å². The van der Waals surface area contributed by atoms with E-state index in [0.29, 0.717) is 92.1 Å². The van der Waals surface area contributed by atoms with E-state index in [1.807, 2.05) is 150 Å². The fraction of sp³-hybridized carbons (Fsp3) is 0.146. The second-order valence-corrected chi connectivity index (χ2v) is 32.6. The molecule has 2 aliphatic heterocycles. The molecule has 0 aliphatic carbocycles. The predicted octanol–water partition coefficient (Wildman–Crippen LogP) is 19.5. The van der Waals surface area contributed by atoms with E-state index in [1.54, 1.807) is 15.4 Å². The first-order valence-electron chi connectivity index (χ1n) is 38.6. The number of aromatic nitrogens is 18. The molecule has 26 nitrogen and oxygen atoms in total. The van der Waals surface area contributed by atoms with Crippen LogP contribution in [-0.4, -0.2) is 132 Å². The van der Waals surface area contributed by atoms with E-state index < -0.39 is 5.82 Å². The zero-order valence-corrected chi connectivity index (χ0v) is 74.0. The molecule has 0 bridgehead atoms. The Labute approximate surface area is 757 Å². The Morgan fingerprint density at radius 2 is 0.756 bits per heavy atom. The monoisotopic (exact) mass is 2000 g/mol. The Balaban J connectivity index is 0.000000114. The van der Waals surface area contributed by atoms with E-state index in [9.17, 15) is 14.3 Å². The highest BCUT2D eigenvalue weighted by Crippen LogP contribution is 2.37. The minimum absolute atomic E-state index is 0.0728. The molecule has 616 valence electrons. The van der Waals surface area contributed by atoms with Crippen LogP contribution >= 0.6 is 108 Å². The molecule has 2 fully saturated rings. The Morgan fingerprint density at radius 3 is 1.17 bits per heavy atom. The summed E-state index contributed by atoms with van der Waals surface area (Å²) in [5.74, 6) is 2.36. The first kappa shape index (κ1) is 84.7. The Morgan fingerprint density at radius 1 is 0.415 bits per heavy atom. The summed E-state index contributed by atoms with van der Waals surface area (Å²) in [4.78, 5) is 67.5. The van der Waals surface area contributed by atoms with Gasteiger partial charge in [0.1, 0.15) is 93.3 Å². The molecule has 0 amide bonds. The number of aliphatic hydroxyl groups is 1. The van der Waals surface area contributed by atoms with Gasteiger partial charge in [-0.05, 0) is 156 Å². The van der Waals surface area contributed by atoms with Crippen molar-refractivity contribution < 1.29 is 19.4 Å². The molecule has 123 heavy (non-hydrogen) atoms. The van der Waals surface area contributed by atoms with Crippen LogP contribution in [0.1, 0.15) is 63.9 Å². The molecule has 2 aliphatic rings. The summed E-state index contributed by atoms with van der Waals surface area (Å²) in [5.41, 5.74) is 31.5. The quantitative estimate of drug-likeness (QED) is 0.0328. The van der Waals surface area contributed by atoms with Crippen LogP contribution in [0.4, 0.5) is 33.5 Å². The Hall–Kier alpha value is -11.9. The van der Waals surface area contributed by atoms with Gasteiger partial charge in [-0.2, -0.15) is 15.3 Å². The van der Waals surface area contributed by atoms with Gasteiger partial charge >= 0.3 is 0 Å². The summed E-state index contributed by atoms with van der Waals surface area (Å²) in [6, 6.07) is 63.1. The van der Waals surface area contributed by atoms with E-state index in [2.05, 4.69) is 161 Å². The van der Waals surface area contributed by atoms with Gasteiger partial charge in [-0.3, -0.25) is 4.79 Å². The van der Waals surface area contributed by atoms with Crippen molar-refractivity contribution in [2.45, 2.75) is 57.3 Å². The van der Waals surface area contributed by atoms with Gasteiger partial charge in [0.2, 0.25) is 0 Å². The van der Waals surface area contributed by atoms with Crippen LogP contribution in [0.3, 0.4) is 0 Å². The first-order valence-corrected chi connectivity index (χ1v) is 43.4. The molecule has 0 spiro atoms. The number of halogens is 8. The fourth-order valence-corrected chi connectivity index (χ4v) is 17.5. The summed E-state index contributed by atoms with van der Waals surface area (Å²) in [6.45, 7) is 5.40. The largest absolute Gasteiger partial charge is 0.508 e. The number of pyridine rings is 6. The number of aromatic hydroxyl groups is 1. The third kappa shape index (κ3) is 19.0. The molecule has 2 saturated heterocycles. The van der Waals surface area contributed by atoms with Crippen LogP contribution in [0, 0.1) is 13.2 Å². The average Bonchev–Trinajstić information content (AvgIpc) is 1.53. The average molecular weight is 2010 g/mol. The van der Waals surface area contributed by atoms with Crippen molar-refractivity contribution in [3.05, 3.63) is 286 Å². The summed E-state index contributed by atoms with van der Waals surface area (Å²) in [7, 11) is 0. The number of nitrogens with zero attached hydrogens (tertiary/aromatic N) is 20. The van der Waals surface area contributed by atoms with Gasteiger partial charge in [0.05, 0.1) is 81.1 Å². The zero-order valence-electron chi connectivity index (χ0n) is 65.1. The number of fused-ring (bicyclic) bond motifs is 9. The normalized spacial score (nSPS) is 12.5. The number of phenolic OH excluding ortho intramolecular Hbond substituents is 1. The van der Waals surface area contributed by atoms with Gasteiger partial charge in [0, 0.05) is 103 Å². The summed E-state index contributed by atoms with van der Waals surface area (Å²) >= 11 is 31.6. The maximum Gasteiger partial charge on any atom is 0.164 e. The highest BCUT2D eigenvalue weighted by atomic mass is 127. The predicted molar refractivity (Wildman–Crippen MR) is 506 cm³/mol. The van der Waals surface area contributed by atoms with Crippen molar-refractivity contribution in [1.29, 1.82) is 0 Å². The highest BCUT2D eigenvalue weighted by Gasteiger charge is 2.26. The maximum absolute atomic E-state index is 14.1. The number of nitrogen functional groups attached to an aromatic ring is 3. The van der Waals surface area contributed by atoms with Crippen molar-refractivity contribution in [2.75, 3.05) is 53.2 Å². The minimum Gasteiger partial charge on any atom is -0.508 e. The molecule has 7 aromatic carbocycles. The molecule has 0 unspecified atom stereocenters. The number of phenols is 1.